The van der Waals surface area contributed by atoms with Crippen LogP contribution in [0, 0.1) is 11.8 Å². The summed E-state index contributed by atoms with van der Waals surface area (Å²) in [7, 11) is 2.39. The number of nitrogens with one attached hydrogen (secondary N) is 1. The van der Waals surface area contributed by atoms with Crippen molar-refractivity contribution in [1.29, 1.82) is 0 Å². The number of nitrogens with zero attached hydrogens (tertiary/aromatic N) is 1. The molecule has 0 heterocycles. The third-order valence-corrected chi connectivity index (χ3v) is 5.28. The first-order valence-electron chi connectivity index (χ1n) is 8.05. The Kier molecular flexibility index (Phi) is 5.08. The van der Waals surface area contributed by atoms with E-state index in [2.05, 4.69) is 38.0 Å². The van der Waals surface area contributed by atoms with Gasteiger partial charge in [-0.15, -0.1) is 0 Å². The average Bonchev–Trinajstić information content (AvgIpc) is 2.27. The number of hydrogen-bond acceptors (Lipinski definition) is 2. The van der Waals surface area contributed by atoms with Gasteiger partial charge < -0.3 is 5.32 Å². The van der Waals surface area contributed by atoms with Gasteiger partial charge in [-0.2, -0.15) is 0 Å². The van der Waals surface area contributed by atoms with E-state index in [0.717, 1.165) is 23.9 Å². The van der Waals surface area contributed by atoms with Crippen molar-refractivity contribution in [1.82, 2.24) is 10.2 Å². The molecule has 2 aliphatic carbocycles. The van der Waals surface area contributed by atoms with Crippen LogP contribution in [0.3, 0.4) is 0 Å². The predicted octanol–water partition coefficient (Wildman–Crippen LogP) is 3.27. The lowest BCUT2D eigenvalue weighted by molar-refractivity contribution is 0.0158. The molecule has 0 spiro atoms. The fourth-order valence-electron chi connectivity index (χ4n) is 3.86. The minimum Gasteiger partial charge on any atom is -0.314 e. The zero-order valence-electron chi connectivity index (χ0n) is 12.8. The van der Waals surface area contributed by atoms with Crippen LogP contribution in [0.1, 0.15) is 59.3 Å². The summed E-state index contributed by atoms with van der Waals surface area (Å²) in [6.07, 6.45) is 8.62. The Hall–Kier alpha value is -0.0800. The van der Waals surface area contributed by atoms with Crippen molar-refractivity contribution in [2.45, 2.75) is 77.4 Å². The molecule has 0 aromatic heterocycles. The summed E-state index contributed by atoms with van der Waals surface area (Å²) >= 11 is 0. The van der Waals surface area contributed by atoms with Crippen molar-refractivity contribution in [2.75, 3.05) is 13.6 Å². The fraction of sp³-hybridized carbons (Fsp3) is 1.00. The highest BCUT2D eigenvalue weighted by atomic mass is 15.2. The van der Waals surface area contributed by atoms with Crippen molar-refractivity contribution in [3.8, 4) is 0 Å². The molecule has 1 N–H and O–H groups in total. The quantitative estimate of drug-likeness (QED) is 0.808. The summed E-state index contributed by atoms with van der Waals surface area (Å²) in [5.41, 5.74) is 0. The van der Waals surface area contributed by atoms with Crippen LogP contribution >= 0.6 is 0 Å². The normalized spacial score (nSPS) is 37.0. The summed E-state index contributed by atoms with van der Waals surface area (Å²) in [5, 5.41) is 3.62. The van der Waals surface area contributed by atoms with Gasteiger partial charge in [-0.05, 0) is 51.1 Å². The van der Waals surface area contributed by atoms with Crippen LogP contribution < -0.4 is 5.32 Å². The lowest BCUT2D eigenvalue weighted by atomic mass is 9.75. The van der Waals surface area contributed by atoms with Gasteiger partial charge in [-0.1, -0.05) is 33.6 Å². The van der Waals surface area contributed by atoms with Gasteiger partial charge in [-0.25, -0.2) is 0 Å². The Balaban J connectivity index is 1.82. The van der Waals surface area contributed by atoms with Crippen LogP contribution in [0.25, 0.3) is 0 Å². The molecule has 2 fully saturated rings. The molecule has 0 radical (unpaired) electrons. The van der Waals surface area contributed by atoms with E-state index in [-0.39, 0.29) is 0 Å². The molecule has 2 heteroatoms. The number of hydrogen-bond donors (Lipinski definition) is 1. The van der Waals surface area contributed by atoms with Gasteiger partial charge in [0.15, 0.2) is 0 Å². The highest BCUT2D eigenvalue weighted by Gasteiger charge is 2.38. The molecular weight excluding hydrogens is 220 g/mol. The van der Waals surface area contributed by atoms with Crippen molar-refractivity contribution in [2.24, 2.45) is 11.8 Å². The topological polar surface area (TPSA) is 15.3 Å². The Morgan fingerprint density at radius 2 is 1.78 bits per heavy atom. The predicted molar refractivity (Wildman–Crippen MR) is 78.8 cm³/mol. The maximum Gasteiger partial charge on any atom is 0.0136 e. The van der Waals surface area contributed by atoms with Crippen molar-refractivity contribution in [3.05, 3.63) is 0 Å². The van der Waals surface area contributed by atoms with Crippen LogP contribution in [0.5, 0.6) is 0 Å². The minimum atomic E-state index is 0.630. The summed E-state index contributed by atoms with van der Waals surface area (Å²) in [6, 6.07) is 2.33. The number of rotatable bonds is 5. The Labute approximate surface area is 114 Å². The van der Waals surface area contributed by atoms with Gasteiger partial charge in [-0.3, -0.25) is 4.90 Å². The molecule has 106 valence electrons. The van der Waals surface area contributed by atoms with E-state index in [9.17, 15) is 0 Å². The molecular formula is C16H32N2. The Morgan fingerprint density at radius 1 is 1.06 bits per heavy atom. The second kappa shape index (κ2) is 6.38. The van der Waals surface area contributed by atoms with E-state index in [1.165, 1.54) is 45.1 Å². The van der Waals surface area contributed by atoms with E-state index in [1.807, 2.05) is 0 Å². The second-order valence-corrected chi connectivity index (χ2v) is 6.96. The maximum absolute atomic E-state index is 3.62. The van der Waals surface area contributed by atoms with E-state index in [4.69, 9.17) is 0 Å². The molecule has 4 atom stereocenters. The molecule has 0 saturated heterocycles. The van der Waals surface area contributed by atoms with Crippen molar-refractivity contribution < 1.29 is 0 Å². The minimum absolute atomic E-state index is 0.630. The average molecular weight is 252 g/mol. The maximum atomic E-state index is 3.62. The molecule has 18 heavy (non-hydrogen) atoms. The summed E-state index contributed by atoms with van der Waals surface area (Å²) < 4.78 is 0. The smallest absolute Gasteiger partial charge is 0.0136 e. The summed E-state index contributed by atoms with van der Waals surface area (Å²) in [6.45, 7) is 8.18. The Bertz CT molecular complexity index is 251. The largest absolute Gasteiger partial charge is 0.314 e. The second-order valence-electron chi connectivity index (χ2n) is 6.96. The molecule has 4 unspecified atom stereocenters. The molecule has 2 aliphatic rings. The highest BCUT2D eigenvalue weighted by Crippen LogP contribution is 2.36. The van der Waals surface area contributed by atoms with Crippen molar-refractivity contribution in [3.63, 3.8) is 0 Å². The van der Waals surface area contributed by atoms with Crippen LogP contribution in [0.2, 0.25) is 0 Å². The zero-order valence-corrected chi connectivity index (χ0v) is 12.8. The SMILES string of the molecule is CC(C)NCC1CCC1N(C)C1CCCCC1C. The zero-order chi connectivity index (χ0) is 13.1. The monoisotopic (exact) mass is 252 g/mol. The van der Waals surface area contributed by atoms with E-state index in [1.54, 1.807) is 0 Å². The van der Waals surface area contributed by atoms with Crippen molar-refractivity contribution >= 4 is 0 Å². The first-order chi connectivity index (χ1) is 8.59. The van der Waals surface area contributed by atoms with Gasteiger partial charge in [0.1, 0.15) is 0 Å². The third kappa shape index (κ3) is 3.27. The first kappa shape index (κ1) is 14.3. The highest BCUT2D eigenvalue weighted by molar-refractivity contribution is 4.93. The third-order valence-electron chi connectivity index (χ3n) is 5.28. The van der Waals surface area contributed by atoms with Gasteiger partial charge in [0.2, 0.25) is 0 Å². The summed E-state index contributed by atoms with van der Waals surface area (Å²) in [4.78, 5) is 2.74. The standard InChI is InChI=1S/C16H32N2/c1-12(2)17-11-14-9-10-16(14)18(4)15-8-6-5-7-13(15)3/h12-17H,5-11H2,1-4H3. The van der Waals surface area contributed by atoms with Crippen LogP contribution in [0.15, 0.2) is 0 Å². The molecule has 0 aliphatic heterocycles. The molecule has 2 saturated carbocycles. The fourth-order valence-corrected chi connectivity index (χ4v) is 3.86. The molecule has 2 rings (SSSR count). The lowest BCUT2D eigenvalue weighted by Crippen LogP contribution is -2.54. The first-order valence-corrected chi connectivity index (χ1v) is 8.05. The van der Waals surface area contributed by atoms with E-state index in [0.29, 0.717) is 6.04 Å². The molecule has 0 aromatic carbocycles. The van der Waals surface area contributed by atoms with Gasteiger partial charge in [0.25, 0.3) is 0 Å². The van der Waals surface area contributed by atoms with Crippen LogP contribution in [-0.4, -0.2) is 36.6 Å². The van der Waals surface area contributed by atoms with Gasteiger partial charge in [0, 0.05) is 18.1 Å². The van der Waals surface area contributed by atoms with Crippen LogP contribution in [-0.2, 0) is 0 Å². The summed E-state index contributed by atoms with van der Waals surface area (Å²) in [5.74, 6) is 1.80. The molecule has 0 amide bonds. The van der Waals surface area contributed by atoms with Gasteiger partial charge in [0.05, 0.1) is 0 Å². The van der Waals surface area contributed by atoms with E-state index >= 15 is 0 Å². The molecule has 0 aromatic rings. The van der Waals surface area contributed by atoms with E-state index < -0.39 is 0 Å². The lowest BCUT2D eigenvalue weighted by Gasteiger charge is -2.49. The molecule has 2 nitrogen and oxygen atoms in total. The van der Waals surface area contributed by atoms with Gasteiger partial charge >= 0.3 is 0 Å². The van der Waals surface area contributed by atoms with Crippen LogP contribution in [0.4, 0.5) is 0 Å². The Morgan fingerprint density at radius 3 is 2.33 bits per heavy atom. The molecule has 0 bridgehead atoms.